The van der Waals surface area contributed by atoms with Crippen molar-refractivity contribution in [2.45, 2.75) is 46.5 Å². The topological polar surface area (TPSA) is 98.2 Å². The molecule has 1 rings (SSSR count). The number of carbonyl (C=O) groups excluding carboxylic acids is 2. The zero-order chi connectivity index (χ0) is 11.0. The van der Waals surface area contributed by atoms with Crippen molar-refractivity contribution in [1.82, 2.24) is 5.32 Å². The zero-order valence-corrected chi connectivity index (χ0v) is 8.58. The number of nitrogens with two attached hydrogens (primary N) is 2. The highest BCUT2D eigenvalue weighted by molar-refractivity contribution is 5.91. The number of hydrogen-bond acceptors (Lipinski definition) is 2. The molecule has 0 aliphatic heterocycles. The Morgan fingerprint density at radius 3 is 1.60 bits per heavy atom. The van der Waals surface area contributed by atoms with Crippen LogP contribution in [-0.2, 0) is 0 Å². The first-order chi connectivity index (χ1) is 6.52. The van der Waals surface area contributed by atoms with E-state index in [0.29, 0.717) is 0 Å². The maximum Gasteiger partial charge on any atom is 0.320 e. The average Bonchev–Trinajstić information content (AvgIpc) is 2.03. The van der Waals surface area contributed by atoms with Gasteiger partial charge in [0.2, 0.25) is 0 Å². The van der Waals surface area contributed by atoms with Crippen molar-refractivity contribution < 1.29 is 9.59 Å². The number of hydrogen-bond donors (Lipinski definition) is 3. The van der Waals surface area contributed by atoms with Crippen LogP contribution in [0.2, 0.25) is 0 Å². The second-order valence-electron chi connectivity index (χ2n) is 3.60. The Bertz CT molecular complexity index is 177. The minimum Gasteiger partial charge on any atom is -0.351 e. The normalized spacial score (nSPS) is 15.3. The molecule has 0 aromatic heterocycles. The van der Waals surface area contributed by atoms with E-state index in [0.717, 1.165) is 5.92 Å². The molecule has 0 aromatic rings. The van der Waals surface area contributed by atoms with E-state index in [1.165, 1.54) is 32.1 Å². The molecule has 0 bridgehead atoms. The fourth-order valence-corrected chi connectivity index (χ4v) is 1.43. The van der Waals surface area contributed by atoms with Crippen molar-refractivity contribution in [3.63, 3.8) is 0 Å². The van der Waals surface area contributed by atoms with Gasteiger partial charge >= 0.3 is 12.1 Å². The molecule has 0 atom stereocenters. The molecular weight excluding hydrogens is 194 g/mol. The van der Waals surface area contributed by atoms with E-state index < -0.39 is 12.1 Å². The number of imide groups is 1. The minimum atomic E-state index is -0.938. The lowest BCUT2D eigenvalue weighted by Gasteiger charge is -2.15. The van der Waals surface area contributed by atoms with E-state index >= 15 is 0 Å². The van der Waals surface area contributed by atoms with Gasteiger partial charge in [-0.05, 0) is 5.92 Å². The molecule has 5 heteroatoms. The molecule has 1 aliphatic rings. The van der Waals surface area contributed by atoms with Crippen molar-refractivity contribution >= 4 is 12.1 Å². The summed E-state index contributed by atoms with van der Waals surface area (Å²) in [6.45, 7) is 2.36. The van der Waals surface area contributed by atoms with Crippen LogP contribution >= 0.6 is 0 Å². The van der Waals surface area contributed by atoms with Crippen LogP contribution in [0.4, 0.5) is 9.59 Å². The van der Waals surface area contributed by atoms with Crippen molar-refractivity contribution in [1.29, 1.82) is 0 Å². The molecule has 1 saturated carbocycles. The highest BCUT2D eigenvalue weighted by atomic mass is 16.2. The Labute approximate surface area is 91.6 Å². The van der Waals surface area contributed by atoms with Gasteiger partial charge in [-0.2, -0.15) is 0 Å². The Balaban J connectivity index is 0. The summed E-state index contributed by atoms with van der Waals surface area (Å²) in [5, 5.41) is 1.58. The van der Waals surface area contributed by atoms with Gasteiger partial charge in [0.25, 0.3) is 0 Å². The van der Waals surface area contributed by atoms with Gasteiger partial charge in [-0.3, -0.25) is 5.32 Å². The van der Waals surface area contributed by atoms with Gasteiger partial charge in [0.1, 0.15) is 0 Å². The predicted molar refractivity (Wildman–Crippen MR) is 61.3 cm³/mol. The Morgan fingerprint density at radius 1 is 1.07 bits per heavy atom. The second-order valence-corrected chi connectivity index (χ2v) is 3.60. The average molecular weight is 217 g/mol. The molecule has 5 N–H and O–H groups in total. The van der Waals surface area contributed by atoms with Crippen molar-refractivity contribution in [2.24, 2.45) is 17.4 Å². The molecule has 15 heavy (non-hydrogen) atoms. The number of primary amides is 2. The molecule has 1 fully saturated rings. The summed E-state index contributed by atoms with van der Waals surface area (Å²) in [6, 6.07) is -1.88. The highest BCUT2D eigenvalue weighted by Gasteiger charge is 2.05. The summed E-state index contributed by atoms with van der Waals surface area (Å²) in [4.78, 5) is 19.2. The molecular formula is C10H23N3O2. The summed E-state index contributed by atoms with van der Waals surface area (Å²) < 4.78 is 0. The third kappa shape index (κ3) is 12.7. The molecule has 0 saturated heterocycles. The lowest BCUT2D eigenvalue weighted by Crippen LogP contribution is -2.38. The van der Waals surface area contributed by atoms with E-state index in [2.05, 4.69) is 18.4 Å². The summed E-state index contributed by atoms with van der Waals surface area (Å²) >= 11 is 0. The van der Waals surface area contributed by atoms with Crippen LogP contribution in [0, 0.1) is 5.92 Å². The van der Waals surface area contributed by atoms with Crippen LogP contribution in [0.1, 0.15) is 46.5 Å². The van der Waals surface area contributed by atoms with Crippen LogP contribution in [0.25, 0.3) is 0 Å². The highest BCUT2D eigenvalue weighted by Crippen LogP contribution is 2.21. The lowest BCUT2D eigenvalue weighted by molar-refractivity contribution is 0.236. The van der Waals surface area contributed by atoms with Crippen molar-refractivity contribution in [3.8, 4) is 0 Å². The van der Waals surface area contributed by atoms with Crippen molar-refractivity contribution in [2.75, 3.05) is 0 Å². The van der Waals surface area contributed by atoms with E-state index in [9.17, 15) is 9.59 Å². The zero-order valence-electron chi connectivity index (χ0n) is 8.58. The molecule has 90 valence electrons. The molecule has 1 aliphatic carbocycles. The molecule has 5 nitrogen and oxygen atoms in total. The van der Waals surface area contributed by atoms with Gasteiger partial charge in [0, 0.05) is 0 Å². The number of amides is 4. The first-order valence-corrected chi connectivity index (χ1v) is 4.88. The van der Waals surface area contributed by atoms with Crippen LogP contribution in [0.15, 0.2) is 0 Å². The molecule has 4 amide bonds. The quantitative estimate of drug-likeness (QED) is 0.578. The summed E-state index contributed by atoms with van der Waals surface area (Å²) in [6.07, 6.45) is 7.44. The second kappa shape index (κ2) is 9.30. The van der Waals surface area contributed by atoms with Gasteiger partial charge in [-0.25, -0.2) is 9.59 Å². The van der Waals surface area contributed by atoms with E-state index in [1.807, 2.05) is 0 Å². The van der Waals surface area contributed by atoms with Gasteiger partial charge in [0.05, 0.1) is 0 Å². The largest absolute Gasteiger partial charge is 0.351 e. The predicted octanol–water partition coefficient (Wildman–Crippen LogP) is 1.96. The third-order valence-electron chi connectivity index (χ3n) is 2.14. The first-order valence-electron chi connectivity index (χ1n) is 4.88. The fraction of sp³-hybridized carbons (Fsp3) is 0.800. The number of rotatable bonds is 0. The molecule has 0 heterocycles. The smallest absolute Gasteiger partial charge is 0.320 e. The Hall–Kier alpha value is -1.26. The fourth-order valence-electron chi connectivity index (χ4n) is 1.43. The summed E-state index contributed by atoms with van der Waals surface area (Å²) in [5.41, 5.74) is 8.88. The monoisotopic (exact) mass is 217 g/mol. The lowest BCUT2D eigenvalue weighted by atomic mass is 9.91. The first kappa shape index (κ1) is 16.2. The van der Waals surface area contributed by atoms with E-state index in [4.69, 9.17) is 0 Å². The van der Waals surface area contributed by atoms with Crippen LogP contribution < -0.4 is 16.8 Å². The number of carbonyl (C=O) groups is 2. The molecule has 0 aromatic carbocycles. The summed E-state index contributed by atoms with van der Waals surface area (Å²) in [5.74, 6) is 1.04. The van der Waals surface area contributed by atoms with Crippen LogP contribution in [0.5, 0.6) is 0 Å². The number of urea groups is 2. The summed E-state index contributed by atoms with van der Waals surface area (Å²) in [7, 11) is 0. The third-order valence-corrected chi connectivity index (χ3v) is 2.14. The SMILES string of the molecule is C.CC1CCCCC1.NC(=O)NC(N)=O. The molecule has 0 radical (unpaired) electrons. The van der Waals surface area contributed by atoms with Crippen LogP contribution in [-0.4, -0.2) is 12.1 Å². The van der Waals surface area contributed by atoms with Crippen molar-refractivity contribution in [3.05, 3.63) is 0 Å². The van der Waals surface area contributed by atoms with Gasteiger partial charge in [-0.15, -0.1) is 0 Å². The molecule has 0 spiro atoms. The van der Waals surface area contributed by atoms with E-state index in [1.54, 1.807) is 5.32 Å². The minimum absolute atomic E-state index is 0. The standard InChI is InChI=1S/C7H14.C2H5N3O2.CH4/c1-7-5-3-2-4-6-7;3-1(6)5-2(4)7;/h7H,2-6H2,1H3;(H5,3,4,5,6,7);1H4. The molecule has 0 unspecified atom stereocenters. The Morgan fingerprint density at radius 2 is 1.47 bits per heavy atom. The van der Waals surface area contributed by atoms with Gasteiger partial charge < -0.3 is 11.5 Å². The maximum atomic E-state index is 9.62. The van der Waals surface area contributed by atoms with E-state index in [-0.39, 0.29) is 7.43 Å². The Kier molecular flexibility index (Phi) is 10.0. The van der Waals surface area contributed by atoms with Crippen LogP contribution in [0.3, 0.4) is 0 Å². The van der Waals surface area contributed by atoms with Gasteiger partial charge in [-0.1, -0.05) is 46.5 Å². The van der Waals surface area contributed by atoms with Gasteiger partial charge in [0.15, 0.2) is 0 Å². The number of nitrogens with one attached hydrogen (secondary N) is 1. The maximum absolute atomic E-state index is 9.62.